The van der Waals surface area contributed by atoms with Crippen molar-refractivity contribution in [2.75, 3.05) is 13.1 Å². The standard InChI is InChI=1S/C21H29NO2/c23-20(14-19-13-15-6-7-18(19)12-15)22-10-8-17(9-11-22)21(24)16-4-2-1-3-5-16/h1-5,15,17-19,21,24H,6-14H2. The van der Waals surface area contributed by atoms with Crippen LogP contribution in [0.15, 0.2) is 30.3 Å². The van der Waals surface area contributed by atoms with Gasteiger partial charge in [0.25, 0.3) is 0 Å². The van der Waals surface area contributed by atoms with Crippen molar-refractivity contribution < 1.29 is 9.90 Å². The molecular formula is C21H29NO2. The molecule has 1 saturated heterocycles. The Balaban J connectivity index is 1.27. The van der Waals surface area contributed by atoms with Crippen molar-refractivity contribution >= 4 is 5.91 Å². The lowest BCUT2D eigenvalue weighted by Gasteiger charge is -2.35. The van der Waals surface area contributed by atoms with Gasteiger partial charge in [0.1, 0.15) is 0 Å². The summed E-state index contributed by atoms with van der Waals surface area (Å²) in [6, 6.07) is 9.93. The maximum atomic E-state index is 12.6. The van der Waals surface area contributed by atoms with Crippen molar-refractivity contribution in [2.45, 2.75) is 51.0 Å². The number of amides is 1. The summed E-state index contributed by atoms with van der Waals surface area (Å²) < 4.78 is 0. The van der Waals surface area contributed by atoms with Gasteiger partial charge in [0.15, 0.2) is 0 Å². The van der Waals surface area contributed by atoms with Gasteiger partial charge in [-0.2, -0.15) is 0 Å². The highest BCUT2D eigenvalue weighted by atomic mass is 16.3. The molecule has 1 aliphatic heterocycles. The molecule has 4 atom stereocenters. The van der Waals surface area contributed by atoms with E-state index < -0.39 is 6.10 Å². The number of hydrogen-bond donors (Lipinski definition) is 1. The number of carbonyl (C=O) groups excluding carboxylic acids is 1. The van der Waals surface area contributed by atoms with Crippen LogP contribution in [0.2, 0.25) is 0 Å². The molecule has 4 unspecified atom stereocenters. The number of hydrogen-bond acceptors (Lipinski definition) is 2. The van der Waals surface area contributed by atoms with Crippen LogP contribution in [0.5, 0.6) is 0 Å². The minimum Gasteiger partial charge on any atom is -0.388 e. The molecule has 1 aromatic carbocycles. The summed E-state index contributed by atoms with van der Waals surface area (Å²) in [6.45, 7) is 1.63. The van der Waals surface area contributed by atoms with E-state index in [9.17, 15) is 9.90 Å². The molecule has 130 valence electrons. The van der Waals surface area contributed by atoms with Gasteiger partial charge in [-0.1, -0.05) is 36.8 Å². The lowest BCUT2D eigenvalue weighted by atomic mass is 9.85. The molecule has 1 heterocycles. The Bertz CT molecular complexity index is 564. The van der Waals surface area contributed by atoms with E-state index in [0.29, 0.717) is 11.8 Å². The van der Waals surface area contributed by atoms with E-state index in [0.717, 1.165) is 49.8 Å². The van der Waals surface area contributed by atoms with Crippen molar-refractivity contribution in [1.29, 1.82) is 0 Å². The van der Waals surface area contributed by atoms with E-state index in [4.69, 9.17) is 0 Å². The van der Waals surface area contributed by atoms with Gasteiger partial charge in [0.05, 0.1) is 6.10 Å². The summed E-state index contributed by atoms with van der Waals surface area (Å²) in [5, 5.41) is 10.6. The fourth-order valence-corrected chi connectivity index (χ4v) is 5.37. The van der Waals surface area contributed by atoms with Crippen molar-refractivity contribution in [1.82, 2.24) is 4.90 Å². The Morgan fingerprint density at radius 2 is 1.83 bits per heavy atom. The fourth-order valence-electron chi connectivity index (χ4n) is 5.37. The molecule has 0 spiro atoms. The normalized spacial score (nSPS) is 31.4. The third-order valence-corrected chi connectivity index (χ3v) is 6.80. The average molecular weight is 327 g/mol. The molecule has 3 heteroatoms. The van der Waals surface area contributed by atoms with Crippen LogP contribution in [0.4, 0.5) is 0 Å². The third kappa shape index (κ3) is 3.23. The molecule has 3 fully saturated rings. The highest BCUT2D eigenvalue weighted by Crippen LogP contribution is 2.49. The van der Waals surface area contributed by atoms with E-state index >= 15 is 0 Å². The number of nitrogens with zero attached hydrogens (tertiary/aromatic N) is 1. The quantitative estimate of drug-likeness (QED) is 0.914. The summed E-state index contributed by atoms with van der Waals surface area (Å²) >= 11 is 0. The van der Waals surface area contributed by atoms with Crippen LogP contribution in [-0.2, 0) is 4.79 Å². The number of aliphatic hydroxyl groups is 1. The second-order valence-electron chi connectivity index (χ2n) is 8.21. The van der Waals surface area contributed by atoms with E-state index in [-0.39, 0.29) is 5.92 Å². The predicted molar refractivity (Wildman–Crippen MR) is 94.3 cm³/mol. The Labute approximate surface area is 145 Å². The maximum absolute atomic E-state index is 12.6. The van der Waals surface area contributed by atoms with Crippen molar-refractivity contribution in [3.05, 3.63) is 35.9 Å². The highest BCUT2D eigenvalue weighted by Gasteiger charge is 2.41. The molecule has 2 bridgehead atoms. The van der Waals surface area contributed by atoms with E-state index in [1.54, 1.807) is 0 Å². The van der Waals surface area contributed by atoms with Gasteiger partial charge in [-0.25, -0.2) is 0 Å². The van der Waals surface area contributed by atoms with E-state index in [1.165, 1.54) is 25.7 Å². The molecule has 1 aromatic rings. The lowest BCUT2D eigenvalue weighted by Crippen LogP contribution is -2.40. The first-order valence-electron chi connectivity index (χ1n) is 9.71. The SMILES string of the molecule is O=C(CC1CC2CCC1C2)N1CCC(C(O)c2ccccc2)CC1. The highest BCUT2D eigenvalue weighted by molar-refractivity contribution is 5.76. The van der Waals surface area contributed by atoms with Crippen LogP contribution in [0.1, 0.15) is 56.6 Å². The average Bonchev–Trinajstić information content (AvgIpc) is 3.25. The predicted octanol–water partition coefficient (Wildman–Crippen LogP) is 3.78. The summed E-state index contributed by atoms with van der Waals surface area (Å²) in [5.41, 5.74) is 1.00. The monoisotopic (exact) mass is 327 g/mol. The number of rotatable bonds is 4. The van der Waals surface area contributed by atoms with Crippen molar-refractivity contribution in [2.24, 2.45) is 23.7 Å². The second-order valence-corrected chi connectivity index (χ2v) is 8.21. The van der Waals surface area contributed by atoms with Gasteiger partial charge in [0.2, 0.25) is 5.91 Å². The lowest BCUT2D eigenvalue weighted by molar-refractivity contribution is -0.134. The molecule has 0 aromatic heterocycles. The summed E-state index contributed by atoms with van der Waals surface area (Å²) in [7, 11) is 0. The molecule has 2 aliphatic carbocycles. The minimum absolute atomic E-state index is 0.277. The van der Waals surface area contributed by atoms with Crippen LogP contribution in [0.3, 0.4) is 0 Å². The number of piperidine rings is 1. The molecular weight excluding hydrogens is 298 g/mol. The minimum atomic E-state index is -0.394. The molecule has 1 amide bonds. The first-order valence-corrected chi connectivity index (χ1v) is 9.71. The Kier molecular flexibility index (Phi) is 4.62. The van der Waals surface area contributed by atoms with Gasteiger partial charge >= 0.3 is 0 Å². The summed E-state index contributed by atoms with van der Waals surface area (Å²) in [5.74, 6) is 3.04. The summed E-state index contributed by atoms with van der Waals surface area (Å²) in [4.78, 5) is 14.7. The molecule has 1 N–H and O–H groups in total. The molecule has 4 rings (SSSR count). The smallest absolute Gasteiger partial charge is 0.222 e. The van der Waals surface area contributed by atoms with Crippen molar-refractivity contribution in [3.8, 4) is 0 Å². The zero-order valence-electron chi connectivity index (χ0n) is 14.4. The third-order valence-electron chi connectivity index (χ3n) is 6.80. The van der Waals surface area contributed by atoms with Gasteiger partial charge in [-0.3, -0.25) is 4.79 Å². The topological polar surface area (TPSA) is 40.5 Å². The van der Waals surface area contributed by atoms with Gasteiger partial charge < -0.3 is 10.0 Å². The molecule has 3 nitrogen and oxygen atoms in total. The Hall–Kier alpha value is -1.35. The first-order chi connectivity index (χ1) is 11.7. The molecule has 0 radical (unpaired) electrons. The van der Waals surface area contributed by atoms with Crippen molar-refractivity contribution in [3.63, 3.8) is 0 Å². The molecule has 2 saturated carbocycles. The van der Waals surface area contributed by atoms with Crippen LogP contribution in [0.25, 0.3) is 0 Å². The van der Waals surface area contributed by atoms with E-state index in [2.05, 4.69) is 4.90 Å². The zero-order valence-corrected chi connectivity index (χ0v) is 14.4. The van der Waals surface area contributed by atoms with Crippen LogP contribution in [-0.4, -0.2) is 29.0 Å². The van der Waals surface area contributed by atoms with Crippen LogP contribution in [0, 0.1) is 23.7 Å². The van der Waals surface area contributed by atoms with E-state index in [1.807, 2.05) is 30.3 Å². The molecule has 24 heavy (non-hydrogen) atoms. The number of fused-ring (bicyclic) bond motifs is 2. The van der Waals surface area contributed by atoms with Gasteiger partial charge in [0, 0.05) is 19.5 Å². The number of likely N-dealkylation sites (tertiary alicyclic amines) is 1. The zero-order chi connectivity index (χ0) is 16.5. The maximum Gasteiger partial charge on any atom is 0.222 e. The molecule has 3 aliphatic rings. The number of benzene rings is 1. The fraction of sp³-hybridized carbons (Fsp3) is 0.667. The first kappa shape index (κ1) is 16.1. The number of carbonyl (C=O) groups is 1. The second kappa shape index (κ2) is 6.87. The Morgan fingerprint density at radius 3 is 2.46 bits per heavy atom. The Morgan fingerprint density at radius 1 is 1.08 bits per heavy atom. The van der Waals surface area contributed by atoms with Gasteiger partial charge in [-0.15, -0.1) is 0 Å². The van der Waals surface area contributed by atoms with Gasteiger partial charge in [-0.05, 0) is 61.3 Å². The number of aliphatic hydroxyl groups excluding tert-OH is 1. The largest absolute Gasteiger partial charge is 0.388 e. The van der Waals surface area contributed by atoms with Crippen LogP contribution < -0.4 is 0 Å². The van der Waals surface area contributed by atoms with Crippen LogP contribution >= 0.6 is 0 Å². The summed E-state index contributed by atoms with van der Waals surface area (Å²) in [6.07, 6.45) is 7.63.